The van der Waals surface area contributed by atoms with E-state index < -0.39 is 0 Å². The van der Waals surface area contributed by atoms with Crippen molar-refractivity contribution in [2.45, 2.75) is 45.1 Å². The second kappa shape index (κ2) is 9.75. The predicted octanol–water partition coefficient (Wildman–Crippen LogP) is 2.44. The number of piperazine rings is 1. The van der Waals surface area contributed by atoms with Crippen LogP contribution in [0.1, 0.15) is 47.6 Å². The van der Waals surface area contributed by atoms with Crippen molar-refractivity contribution in [2.75, 3.05) is 26.2 Å². The average molecular weight is 460 g/mol. The first-order chi connectivity index (χ1) is 16.6. The van der Waals surface area contributed by atoms with E-state index in [1.54, 1.807) is 34.2 Å². The number of hydrogen-bond donors (Lipinski definition) is 0. The summed E-state index contributed by atoms with van der Waals surface area (Å²) < 4.78 is 1.81. The van der Waals surface area contributed by atoms with E-state index in [9.17, 15) is 14.4 Å². The summed E-state index contributed by atoms with van der Waals surface area (Å²) in [7, 11) is 0. The molecule has 5 rings (SSSR count). The molecule has 0 saturated carbocycles. The number of amides is 2. The molecule has 2 aliphatic heterocycles. The van der Waals surface area contributed by atoms with Crippen LogP contribution in [-0.4, -0.2) is 62.3 Å². The lowest BCUT2D eigenvalue weighted by molar-refractivity contribution is -0.132. The number of aryl methyl sites for hydroxylation is 1. The van der Waals surface area contributed by atoms with Crippen LogP contribution in [0.3, 0.4) is 0 Å². The lowest BCUT2D eigenvalue weighted by Gasteiger charge is -2.34. The first-order valence-corrected chi connectivity index (χ1v) is 12.1. The predicted molar refractivity (Wildman–Crippen MR) is 129 cm³/mol. The van der Waals surface area contributed by atoms with Crippen molar-refractivity contribution in [1.29, 1.82) is 0 Å². The lowest BCUT2D eigenvalue weighted by Crippen LogP contribution is -2.51. The number of hydrogen-bond acceptors (Lipinski definition) is 5. The smallest absolute Gasteiger partial charge is 0.261 e. The maximum absolute atomic E-state index is 13.2. The topological polar surface area (TPSA) is 88.4 Å². The fraction of sp³-hybridized carbons (Fsp3) is 0.423. The van der Waals surface area contributed by atoms with E-state index in [1.807, 2.05) is 22.8 Å². The molecule has 34 heavy (non-hydrogen) atoms. The average Bonchev–Trinajstić information content (AvgIpc) is 2.85. The Hall–Kier alpha value is -3.55. The van der Waals surface area contributed by atoms with E-state index >= 15 is 0 Å². The summed E-state index contributed by atoms with van der Waals surface area (Å²) in [6.45, 7) is 2.66. The summed E-state index contributed by atoms with van der Waals surface area (Å²) in [4.78, 5) is 51.4. The van der Waals surface area contributed by atoms with Crippen molar-refractivity contribution in [3.8, 4) is 0 Å². The summed E-state index contributed by atoms with van der Waals surface area (Å²) in [6, 6.07) is 10.8. The summed E-state index contributed by atoms with van der Waals surface area (Å²) in [5, 5.41) is 0.561. The molecule has 4 heterocycles. The molecule has 0 bridgehead atoms. The van der Waals surface area contributed by atoms with E-state index in [4.69, 9.17) is 4.98 Å². The quantitative estimate of drug-likeness (QED) is 0.600. The minimum Gasteiger partial charge on any atom is -0.339 e. The molecule has 0 unspecified atom stereocenters. The Morgan fingerprint density at radius 1 is 0.882 bits per heavy atom. The maximum atomic E-state index is 13.2. The van der Waals surface area contributed by atoms with Crippen molar-refractivity contribution in [3.05, 3.63) is 70.0 Å². The normalized spacial score (nSPS) is 16.6. The molecule has 0 N–H and O–H groups in total. The fourth-order valence-electron chi connectivity index (χ4n) is 4.84. The van der Waals surface area contributed by atoms with Gasteiger partial charge in [0.15, 0.2) is 0 Å². The van der Waals surface area contributed by atoms with Gasteiger partial charge >= 0.3 is 0 Å². The van der Waals surface area contributed by atoms with Gasteiger partial charge in [-0.15, -0.1) is 0 Å². The number of benzene rings is 1. The van der Waals surface area contributed by atoms with Crippen LogP contribution in [0.4, 0.5) is 0 Å². The van der Waals surface area contributed by atoms with E-state index in [-0.39, 0.29) is 23.8 Å². The Morgan fingerprint density at radius 2 is 1.68 bits per heavy atom. The molecule has 1 saturated heterocycles. The highest BCUT2D eigenvalue weighted by atomic mass is 16.2. The zero-order valence-electron chi connectivity index (χ0n) is 19.3. The van der Waals surface area contributed by atoms with Gasteiger partial charge in [0.2, 0.25) is 5.91 Å². The molecule has 8 heteroatoms. The minimum atomic E-state index is -0.0904. The first-order valence-electron chi connectivity index (χ1n) is 12.1. The Bertz CT molecular complexity index is 1260. The molecule has 8 nitrogen and oxygen atoms in total. The Labute approximate surface area is 198 Å². The van der Waals surface area contributed by atoms with E-state index in [1.165, 1.54) is 0 Å². The van der Waals surface area contributed by atoms with E-state index in [2.05, 4.69) is 4.98 Å². The van der Waals surface area contributed by atoms with Crippen molar-refractivity contribution < 1.29 is 9.59 Å². The number of fused-ring (bicyclic) bond motifs is 2. The van der Waals surface area contributed by atoms with Crippen LogP contribution in [-0.2, 0) is 24.2 Å². The summed E-state index contributed by atoms with van der Waals surface area (Å²) in [5.41, 5.74) is 1.86. The van der Waals surface area contributed by atoms with Crippen LogP contribution in [0, 0.1) is 0 Å². The molecule has 0 atom stereocenters. The number of nitrogens with zero attached hydrogens (tertiary/aromatic N) is 5. The van der Waals surface area contributed by atoms with Gasteiger partial charge in [0.25, 0.3) is 11.5 Å². The highest BCUT2D eigenvalue weighted by Gasteiger charge is 2.25. The zero-order valence-corrected chi connectivity index (χ0v) is 19.3. The molecule has 0 aliphatic carbocycles. The Kier molecular flexibility index (Phi) is 6.38. The molecular formula is C26H29N5O3. The lowest BCUT2D eigenvalue weighted by atomic mass is 10.1. The summed E-state index contributed by atoms with van der Waals surface area (Å²) in [5.74, 6) is 0.756. The van der Waals surface area contributed by atoms with Crippen molar-refractivity contribution in [3.63, 3.8) is 0 Å². The van der Waals surface area contributed by atoms with Gasteiger partial charge in [0.05, 0.1) is 17.3 Å². The van der Waals surface area contributed by atoms with Gasteiger partial charge in [0.1, 0.15) is 5.82 Å². The molecule has 2 aromatic heterocycles. The molecule has 2 amide bonds. The van der Waals surface area contributed by atoms with Crippen LogP contribution in [0.15, 0.2) is 47.4 Å². The number of carbonyl (C=O) groups is 2. The zero-order chi connectivity index (χ0) is 23.5. The third kappa shape index (κ3) is 4.58. The number of pyridine rings is 1. The maximum Gasteiger partial charge on any atom is 0.261 e. The van der Waals surface area contributed by atoms with Crippen molar-refractivity contribution >= 4 is 22.7 Å². The van der Waals surface area contributed by atoms with Crippen LogP contribution >= 0.6 is 0 Å². The molecule has 2 aliphatic rings. The number of rotatable bonds is 3. The summed E-state index contributed by atoms with van der Waals surface area (Å²) >= 11 is 0. The molecule has 3 aromatic rings. The molecular weight excluding hydrogens is 430 g/mol. The second-order valence-electron chi connectivity index (χ2n) is 9.05. The highest BCUT2D eigenvalue weighted by molar-refractivity contribution is 5.97. The monoisotopic (exact) mass is 459 g/mol. The summed E-state index contributed by atoms with van der Waals surface area (Å²) in [6.07, 6.45) is 7.06. The third-order valence-electron chi connectivity index (χ3n) is 6.79. The second-order valence-corrected chi connectivity index (χ2v) is 9.05. The van der Waals surface area contributed by atoms with Crippen LogP contribution in [0.5, 0.6) is 0 Å². The van der Waals surface area contributed by atoms with Gasteiger partial charge in [-0.25, -0.2) is 4.98 Å². The molecule has 0 spiro atoms. The van der Waals surface area contributed by atoms with Gasteiger partial charge in [-0.2, -0.15) is 0 Å². The third-order valence-corrected chi connectivity index (χ3v) is 6.79. The number of carbonyl (C=O) groups excluding carboxylic acids is 2. The van der Waals surface area contributed by atoms with Crippen LogP contribution < -0.4 is 5.56 Å². The molecule has 1 fully saturated rings. The standard InChI is InChI=1S/C26H29N5O3/c32-24(18-20-7-4-5-11-27-20)29-13-15-30(16-14-29)25(33)19-9-10-21-22(17-19)28-23-8-3-1-2-6-12-31(23)26(21)34/h4-5,7,9-11,17H,1-3,6,8,12-16,18H2. The Morgan fingerprint density at radius 3 is 2.47 bits per heavy atom. The van der Waals surface area contributed by atoms with Gasteiger partial charge in [-0.1, -0.05) is 18.9 Å². The van der Waals surface area contributed by atoms with Gasteiger partial charge in [-0.3, -0.25) is 23.9 Å². The largest absolute Gasteiger partial charge is 0.339 e. The van der Waals surface area contributed by atoms with Crippen molar-refractivity contribution in [2.24, 2.45) is 0 Å². The highest BCUT2D eigenvalue weighted by Crippen LogP contribution is 2.18. The van der Waals surface area contributed by atoms with Gasteiger partial charge in [-0.05, 0) is 43.2 Å². The molecule has 1 aromatic carbocycles. The molecule has 0 radical (unpaired) electrons. The van der Waals surface area contributed by atoms with Crippen LogP contribution in [0.2, 0.25) is 0 Å². The number of aromatic nitrogens is 3. The van der Waals surface area contributed by atoms with Crippen molar-refractivity contribution in [1.82, 2.24) is 24.3 Å². The van der Waals surface area contributed by atoms with E-state index in [0.717, 1.165) is 43.6 Å². The first kappa shape index (κ1) is 22.3. The van der Waals surface area contributed by atoms with Gasteiger partial charge < -0.3 is 9.80 Å². The SMILES string of the molecule is O=C(Cc1ccccn1)N1CCN(C(=O)c2ccc3c(=O)n4c(nc3c2)CCCCCC4)CC1. The van der Waals surface area contributed by atoms with Crippen LogP contribution in [0.25, 0.3) is 10.9 Å². The van der Waals surface area contributed by atoms with E-state index in [0.29, 0.717) is 49.2 Å². The van der Waals surface area contributed by atoms with Gasteiger partial charge in [0, 0.05) is 56.6 Å². The Balaban J connectivity index is 1.28. The molecule has 176 valence electrons. The fourth-order valence-corrected chi connectivity index (χ4v) is 4.84. The minimum absolute atomic E-state index is 0.0130.